The quantitative estimate of drug-likeness (QED) is 0.735. The Bertz CT molecular complexity index is 853. The number of carbonyl (C=O) groups excluding carboxylic acids is 3. The van der Waals surface area contributed by atoms with Crippen LogP contribution in [0.15, 0.2) is 42.6 Å². The molecule has 28 heavy (non-hydrogen) atoms. The number of benzene rings is 1. The second-order valence-electron chi connectivity index (χ2n) is 7.38. The van der Waals surface area contributed by atoms with Gasteiger partial charge in [-0.25, -0.2) is 4.79 Å². The van der Waals surface area contributed by atoms with E-state index in [0.29, 0.717) is 16.9 Å². The molecule has 0 saturated carbocycles. The van der Waals surface area contributed by atoms with Gasteiger partial charge < -0.3 is 15.4 Å². The first-order chi connectivity index (χ1) is 13.1. The molecule has 1 aromatic heterocycles. The Labute approximate surface area is 164 Å². The zero-order valence-electron chi connectivity index (χ0n) is 16.7. The number of ether oxygens (including phenoxy) is 1. The summed E-state index contributed by atoms with van der Waals surface area (Å²) in [5, 5.41) is 5.25. The summed E-state index contributed by atoms with van der Waals surface area (Å²) in [5.41, 5.74) is 3.58. The molecule has 2 aromatic rings. The zero-order valence-corrected chi connectivity index (χ0v) is 16.7. The molecule has 3 N–H and O–H groups in total. The number of nitrogens with one attached hydrogen (secondary N) is 3. The smallest absolute Gasteiger partial charge is 0.408 e. The molecule has 8 heteroatoms. The standard InChI is InChI=1S/C20H26N4O4/c1-13-11-12-24(16(13)18(26)22-15-9-7-6-8-10-15)23-17(25)14(2)21-19(27)28-20(3,4)5/h6-12,14H,1-5H3,(H,21,27)(H,22,26)(H,23,25). The number of amides is 3. The number of nitrogens with zero attached hydrogens (tertiary/aromatic N) is 1. The summed E-state index contributed by atoms with van der Waals surface area (Å²) in [4.78, 5) is 36.9. The van der Waals surface area contributed by atoms with Crippen LogP contribution in [0.4, 0.5) is 10.5 Å². The lowest BCUT2D eigenvalue weighted by Crippen LogP contribution is -2.46. The van der Waals surface area contributed by atoms with Gasteiger partial charge >= 0.3 is 6.09 Å². The van der Waals surface area contributed by atoms with Crippen LogP contribution in [-0.4, -0.2) is 34.2 Å². The zero-order chi connectivity index (χ0) is 20.9. The fraction of sp³-hybridized carbons (Fsp3) is 0.350. The SMILES string of the molecule is Cc1ccn(NC(=O)C(C)NC(=O)OC(C)(C)C)c1C(=O)Nc1ccccc1. The van der Waals surface area contributed by atoms with Gasteiger partial charge in [-0.2, -0.15) is 0 Å². The third kappa shape index (κ3) is 5.87. The van der Waals surface area contributed by atoms with Gasteiger partial charge in [0.1, 0.15) is 17.3 Å². The first kappa shape index (κ1) is 21.0. The molecule has 0 fully saturated rings. The predicted molar refractivity (Wildman–Crippen MR) is 107 cm³/mol. The van der Waals surface area contributed by atoms with E-state index in [0.717, 1.165) is 0 Å². The van der Waals surface area contributed by atoms with Gasteiger partial charge in [0.25, 0.3) is 11.8 Å². The summed E-state index contributed by atoms with van der Waals surface area (Å²) in [6, 6.07) is 9.87. The van der Waals surface area contributed by atoms with E-state index in [1.807, 2.05) is 18.2 Å². The maximum Gasteiger partial charge on any atom is 0.408 e. The molecule has 0 saturated heterocycles. The molecule has 0 spiro atoms. The Morgan fingerprint density at radius 1 is 1.07 bits per heavy atom. The van der Waals surface area contributed by atoms with Crippen LogP contribution in [0.5, 0.6) is 0 Å². The Kier molecular flexibility index (Phi) is 6.45. The van der Waals surface area contributed by atoms with Crippen LogP contribution in [0.2, 0.25) is 0 Å². The van der Waals surface area contributed by atoms with Gasteiger partial charge in [-0.15, -0.1) is 0 Å². The van der Waals surface area contributed by atoms with Crippen molar-refractivity contribution in [2.75, 3.05) is 10.7 Å². The van der Waals surface area contributed by atoms with Crippen molar-refractivity contribution in [3.8, 4) is 0 Å². The third-order valence-electron chi connectivity index (χ3n) is 3.69. The second kappa shape index (κ2) is 8.60. The number of carbonyl (C=O) groups is 3. The summed E-state index contributed by atoms with van der Waals surface area (Å²) in [5.74, 6) is -0.850. The minimum Gasteiger partial charge on any atom is -0.444 e. The highest BCUT2D eigenvalue weighted by atomic mass is 16.6. The van der Waals surface area contributed by atoms with Gasteiger partial charge in [-0.1, -0.05) is 18.2 Å². The molecule has 8 nitrogen and oxygen atoms in total. The summed E-state index contributed by atoms with van der Waals surface area (Å²) in [6.07, 6.45) is 0.883. The maximum atomic E-state index is 12.6. The van der Waals surface area contributed by atoms with Crippen LogP contribution in [0.25, 0.3) is 0 Å². The molecular formula is C20H26N4O4. The number of anilines is 1. The molecule has 2 rings (SSSR count). The first-order valence-electron chi connectivity index (χ1n) is 8.91. The number of hydrogen-bond donors (Lipinski definition) is 3. The minimum atomic E-state index is -0.859. The molecule has 3 amide bonds. The van der Waals surface area contributed by atoms with E-state index in [4.69, 9.17) is 4.74 Å². The number of para-hydroxylation sites is 1. The van der Waals surface area contributed by atoms with Crippen LogP contribution in [0, 0.1) is 6.92 Å². The maximum absolute atomic E-state index is 12.6. The van der Waals surface area contributed by atoms with Gasteiger partial charge in [0.05, 0.1) is 0 Å². The Morgan fingerprint density at radius 3 is 2.32 bits per heavy atom. The number of hydrogen-bond acceptors (Lipinski definition) is 4. The Morgan fingerprint density at radius 2 is 1.71 bits per heavy atom. The van der Waals surface area contributed by atoms with E-state index in [2.05, 4.69) is 16.1 Å². The molecular weight excluding hydrogens is 360 g/mol. The number of rotatable bonds is 5. The highest BCUT2D eigenvalue weighted by Crippen LogP contribution is 2.13. The highest BCUT2D eigenvalue weighted by Gasteiger charge is 2.23. The number of aromatic nitrogens is 1. The molecule has 1 atom stereocenters. The van der Waals surface area contributed by atoms with Crippen molar-refractivity contribution in [2.24, 2.45) is 0 Å². The van der Waals surface area contributed by atoms with E-state index in [-0.39, 0.29) is 5.91 Å². The molecule has 0 aliphatic rings. The van der Waals surface area contributed by atoms with E-state index in [1.54, 1.807) is 52.1 Å². The van der Waals surface area contributed by atoms with E-state index < -0.39 is 23.6 Å². The highest BCUT2D eigenvalue weighted by molar-refractivity contribution is 6.05. The molecule has 1 aromatic carbocycles. The summed E-state index contributed by atoms with van der Waals surface area (Å²) < 4.78 is 6.48. The minimum absolute atomic E-state index is 0.293. The summed E-state index contributed by atoms with van der Waals surface area (Å²) in [6.45, 7) is 8.50. The number of aryl methyl sites for hydroxylation is 1. The van der Waals surface area contributed by atoms with Crippen molar-refractivity contribution in [2.45, 2.75) is 46.3 Å². The molecule has 0 radical (unpaired) electrons. The Hall–Kier alpha value is -3.29. The van der Waals surface area contributed by atoms with Crippen LogP contribution in [0.3, 0.4) is 0 Å². The van der Waals surface area contributed by atoms with Crippen LogP contribution >= 0.6 is 0 Å². The number of alkyl carbamates (subject to hydrolysis) is 1. The average molecular weight is 386 g/mol. The van der Waals surface area contributed by atoms with Crippen molar-refractivity contribution in [1.29, 1.82) is 0 Å². The first-order valence-corrected chi connectivity index (χ1v) is 8.91. The third-order valence-corrected chi connectivity index (χ3v) is 3.69. The van der Waals surface area contributed by atoms with Crippen LogP contribution in [-0.2, 0) is 9.53 Å². The van der Waals surface area contributed by atoms with Crippen LogP contribution in [0.1, 0.15) is 43.7 Å². The topological polar surface area (TPSA) is 101 Å². The van der Waals surface area contributed by atoms with Gasteiger partial charge in [0.15, 0.2) is 0 Å². The second-order valence-corrected chi connectivity index (χ2v) is 7.38. The fourth-order valence-electron chi connectivity index (χ4n) is 2.39. The van der Waals surface area contributed by atoms with Gasteiger partial charge in [-0.3, -0.25) is 19.7 Å². The molecule has 0 aliphatic heterocycles. The van der Waals surface area contributed by atoms with Crippen LogP contribution < -0.4 is 16.1 Å². The average Bonchev–Trinajstić information content (AvgIpc) is 2.94. The van der Waals surface area contributed by atoms with Crippen molar-refractivity contribution in [3.63, 3.8) is 0 Å². The lowest BCUT2D eigenvalue weighted by atomic mass is 10.2. The van der Waals surface area contributed by atoms with Crippen molar-refractivity contribution < 1.29 is 19.1 Å². The van der Waals surface area contributed by atoms with E-state index in [9.17, 15) is 14.4 Å². The summed E-state index contributed by atoms with van der Waals surface area (Å²) in [7, 11) is 0. The fourth-order valence-corrected chi connectivity index (χ4v) is 2.39. The molecule has 0 bridgehead atoms. The predicted octanol–water partition coefficient (Wildman–Crippen LogP) is 3.03. The molecule has 1 unspecified atom stereocenters. The lowest BCUT2D eigenvalue weighted by molar-refractivity contribution is -0.118. The van der Waals surface area contributed by atoms with Gasteiger partial charge in [-0.05, 0) is 58.4 Å². The largest absolute Gasteiger partial charge is 0.444 e. The van der Waals surface area contributed by atoms with E-state index in [1.165, 1.54) is 11.6 Å². The van der Waals surface area contributed by atoms with Crippen molar-refractivity contribution >= 4 is 23.6 Å². The molecule has 150 valence electrons. The molecule has 0 aliphatic carbocycles. The van der Waals surface area contributed by atoms with Gasteiger partial charge in [0.2, 0.25) is 0 Å². The molecule has 1 heterocycles. The lowest BCUT2D eigenvalue weighted by Gasteiger charge is -2.22. The van der Waals surface area contributed by atoms with Crippen molar-refractivity contribution in [3.05, 3.63) is 53.9 Å². The van der Waals surface area contributed by atoms with E-state index >= 15 is 0 Å². The monoisotopic (exact) mass is 386 g/mol. The van der Waals surface area contributed by atoms with Crippen molar-refractivity contribution in [1.82, 2.24) is 9.99 Å². The van der Waals surface area contributed by atoms with Gasteiger partial charge in [0, 0.05) is 11.9 Å². The normalized spacial score (nSPS) is 12.0. The Balaban J connectivity index is 2.05. The summed E-state index contributed by atoms with van der Waals surface area (Å²) >= 11 is 0.